The zero-order valence-corrected chi connectivity index (χ0v) is 19.4. The molecule has 0 aliphatic rings. The maximum absolute atomic E-state index is 12.9. The topological polar surface area (TPSA) is 99.6 Å². The van der Waals surface area contributed by atoms with Crippen molar-refractivity contribution in [3.05, 3.63) is 127 Å². The molecule has 5 aromatic rings. The molecule has 0 radical (unpaired) electrons. The predicted molar refractivity (Wildman–Crippen MR) is 145 cm³/mol. The highest BCUT2D eigenvalue weighted by Gasteiger charge is 2.05. The maximum atomic E-state index is 12.9. The zero-order chi connectivity index (χ0) is 25.1. The Morgan fingerprint density at radius 2 is 1.03 bits per heavy atom. The third-order valence-corrected chi connectivity index (χ3v) is 5.67. The minimum absolute atomic E-state index is 0.202. The average molecular weight is 477 g/mol. The minimum Gasteiger partial charge on any atom is -0.361 e. The van der Waals surface area contributed by atoms with Crippen LogP contribution in [0.15, 0.2) is 94.5 Å². The number of hydrogen-bond donors (Lipinski definition) is 4. The van der Waals surface area contributed by atoms with E-state index in [9.17, 15) is 9.59 Å². The smallest absolute Gasteiger partial charge is 0.280 e. The zero-order valence-electron chi connectivity index (χ0n) is 19.4. The van der Waals surface area contributed by atoms with Crippen LogP contribution in [-0.4, -0.2) is 19.6 Å². The highest BCUT2D eigenvalue weighted by atomic mass is 16.1. The van der Waals surface area contributed by atoms with Gasteiger partial charge in [0, 0.05) is 23.8 Å². The van der Waals surface area contributed by atoms with Gasteiger partial charge >= 0.3 is 0 Å². The van der Waals surface area contributed by atoms with Crippen LogP contribution in [0.5, 0.6) is 0 Å². The van der Waals surface area contributed by atoms with Crippen LogP contribution >= 0.6 is 0 Å². The molecule has 0 spiro atoms. The van der Waals surface area contributed by atoms with Gasteiger partial charge in [-0.1, -0.05) is 55.6 Å². The quantitative estimate of drug-likeness (QED) is 0.296. The van der Waals surface area contributed by atoms with Crippen molar-refractivity contribution in [2.75, 3.05) is 10.6 Å². The van der Waals surface area contributed by atoms with E-state index >= 15 is 0 Å². The van der Waals surface area contributed by atoms with Crippen molar-refractivity contribution in [1.29, 1.82) is 0 Å². The molecular formula is C28H24N6O2. The van der Waals surface area contributed by atoms with Gasteiger partial charge in [-0.15, -0.1) is 0 Å². The van der Waals surface area contributed by atoms with Crippen molar-refractivity contribution in [3.63, 3.8) is 0 Å². The van der Waals surface area contributed by atoms with Crippen LogP contribution in [-0.2, 0) is 0 Å². The average Bonchev–Trinajstić information content (AvgIpc) is 3.36. The first-order valence-corrected chi connectivity index (χ1v) is 11.3. The number of H-pyrrole nitrogens is 2. The number of hydrogen-bond acceptors (Lipinski definition) is 4. The minimum atomic E-state index is -0.202. The third-order valence-electron chi connectivity index (χ3n) is 5.67. The van der Waals surface area contributed by atoms with Crippen molar-refractivity contribution in [1.82, 2.24) is 19.6 Å². The van der Waals surface area contributed by atoms with Gasteiger partial charge in [0.25, 0.3) is 11.1 Å². The molecule has 0 amide bonds. The van der Waals surface area contributed by atoms with Crippen molar-refractivity contribution in [2.24, 2.45) is 0 Å². The number of aromatic amines is 2. The molecule has 4 N–H and O–H groups in total. The van der Waals surface area contributed by atoms with Crippen molar-refractivity contribution in [3.8, 4) is 11.4 Å². The van der Waals surface area contributed by atoms with Crippen LogP contribution < -0.4 is 42.9 Å². The number of rotatable bonds is 6. The number of anilines is 2. The lowest BCUT2D eigenvalue weighted by Crippen LogP contribution is -2.35. The fraction of sp³-hybridized carbons (Fsp3) is 0. The first-order chi connectivity index (χ1) is 17.5. The standard InChI is InChI=1S/C28H24N6O2/c1-19-25(27(35)33(31-19)23-12-5-3-6-13-23)17-29-21-10-9-11-22(16-21)30-18-26-20(2)32-34(28(26)36)24-14-7-4-8-15-24/h3-18,29-32H,1-2H2. The molecule has 0 atom stereocenters. The van der Waals surface area contributed by atoms with Gasteiger partial charge in [0.2, 0.25) is 0 Å². The van der Waals surface area contributed by atoms with Crippen LogP contribution in [0.1, 0.15) is 0 Å². The Morgan fingerprint density at radius 1 is 0.611 bits per heavy atom. The second-order valence-corrected chi connectivity index (χ2v) is 8.12. The maximum Gasteiger partial charge on any atom is 0.280 e. The molecule has 0 saturated heterocycles. The van der Waals surface area contributed by atoms with Gasteiger partial charge < -0.3 is 10.6 Å². The van der Waals surface area contributed by atoms with E-state index in [2.05, 4.69) is 34.0 Å². The van der Waals surface area contributed by atoms with E-state index in [1.807, 2.05) is 84.9 Å². The van der Waals surface area contributed by atoms with E-state index < -0.39 is 0 Å². The summed E-state index contributed by atoms with van der Waals surface area (Å²) >= 11 is 0. The van der Waals surface area contributed by atoms with E-state index in [-0.39, 0.29) is 11.1 Å². The van der Waals surface area contributed by atoms with Gasteiger partial charge in [0.1, 0.15) is 0 Å². The summed E-state index contributed by atoms with van der Waals surface area (Å²) in [5.74, 6) is 0. The van der Waals surface area contributed by atoms with Crippen LogP contribution in [0.4, 0.5) is 11.4 Å². The molecule has 3 aromatic carbocycles. The van der Waals surface area contributed by atoms with Gasteiger partial charge in [-0.25, -0.2) is 9.36 Å². The second-order valence-electron chi connectivity index (χ2n) is 8.12. The molecule has 8 nitrogen and oxygen atoms in total. The third kappa shape index (κ3) is 4.43. The summed E-state index contributed by atoms with van der Waals surface area (Å²) in [5, 5.41) is 14.2. The Balaban J connectivity index is 1.40. The van der Waals surface area contributed by atoms with Gasteiger partial charge in [-0.2, -0.15) is 0 Å². The summed E-state index contributed by atoms with van der Waals surface area (Å²) in [7, 11) is 0. The van der Waals surface area contributed by atoms with Gasteiger partial charge in [0.05, 0.1) is 32.5 Å². The summed E-state index contributed by atoms with van der Waals surface area (Å²) in [4.78, 5) is 25.7. The molecule has 2 heterocycles. The fourth-order valence-electron chi connectivity index (χ4n) is 3.82. The number of para-hydroxylation sites is 2. The molecule has 0 aliphatic carbocycles. The Morgan fingerprint density at radius 3 is 1.44 bits per heavy atom. The predicted octanol–water partition coefficient (Wildman–Crippen LogP) is 1.17. The molecule has 0 bridgehead atoms. The monoisotopic (exact) mass is 476 g/mol. The second kappa shape index (κ2) is 9.55. The van der Waals surface area contributed by atoms with E-state index in [4.69, 9.17) is 0 Å². The van der Waals surface area contributed by atoms with Crippen molar-refractivity contribution < 1.29 is 0 Å². The first-order valence-electron chi connectivity index (χ1n) is 11.3. The number of nitrogens with one attached hydrogen (secondary N) is 4. The summed E-state index contributed by atoms with van der Waals surface area (Å²) < 4.78 is 2.91. The molecule has 0 unspecified atom stereocenters. The Bertz CT molecular complexity index is 1730. The van der Waals surface area contributed by atoms with Crippen molar-refractivity contribution >= 4 is 36.9 Å². The Hall–Kier alpha value is -5.24. The summed E-state index contributed by atoms with van der Waals surface area (Å²) in [5.41, 5.74) is 2.57. The molecule has 5 rings (SSSR count). The largest absolute Gasteiger partial charge is 0.361 e. The lowest BCUT2D eigenvalue weighted by molar-refractivity contribution is 0.838. The van der Waals surface area contributed by atoms with Crippen LogP contribution in [0, 0.1) is 0 Å². The van der Waals surface area contributed by atoms with Crippen LogP contribution in [0.25, 0.3) is 36.9 Å². The molecule has 0 aliphatic heterocycles. The SMILES string of the molecule is C=c1[nH]n(-c2ccccc2)c(=O)c1=CNc1cccc(NC=c2c(=C)[nH]n(-c3ccccc3)c2=O)c1. The molecular weight excluding hydrogens is 452 g/mol. The molecule has 8 heteroatoms. The van der Waals surface area contributed by atoms with Crippen LogP contribution in [0.2, 0.25) is 0 Å². The van der Waals surface area contributed by atoms with Gasteiger partial charge in [0.15, 0.2) is 0 Å². The molecule has 0 fully saturated rings. The van der Waals surface area contributed by atoms with Gasteiger partial charge in [-0.3, -0.25) is 19.8 Å². The summed E-state index contributed by atoms with van der Waals surface area (Å²) in [6.45, 7) is 7.91. The summed E-state index contributed by atoms with van der Waals surface area (Å²) in [6.07, 6.45) is 3.25. The van der Waals surface area contributed by atoms with E-state index in [0.29, 0.717) is 21.1 Å². The lowest BCUT2D eigenvalue weighted by atomic mass is 10.2. The molecule has 2 aromatic heterocycles. The lowest BCUT2D eigenvalue weighted by Gasteiger charge is -2.04. The van der Waals surface area contributed by atoms with E-state index in [1.165, 1.54) is 9.36 Å². The summed E-state index contributed by atoms with van der Waals surface area (Å²) in [6, 6.07) is 26.1. The molecule has 0 saturated carbocycles. The number of aromatic nitrogens is 4. The van der Waals surface area contributed by atoms with Crippen molar-refractivity contribution in [2.45, 2.75) is 0 Å². The number of benzene rings is 3. The van der Waals surface area contributed by atoms with Gasteiger partial charge in [-0.05, 0) is 42.5 Å². The van der Waals surface area contributed by atoms with E-state index in [1.54, 1.807) is 12.4 Å². The molecule has 36 heavy (non-hydrogen) atoms. The number of nitrogens with zero attached hydrogens (tertiary/aromatic N) is 2. The molecule has 178 valence electrons. The Kier molecular flexibility index (Phi) is 5.98. The van der Waals surface area contributed by atoms with E-state index in [0.717, 1.165) is 22.7 Å². The Labute approximate surface area is 205 Å². The fourth-order valence-corrected chi connectivity index (χ4v) is 3.82. The first kappa shape index (κ1) is 22.5. The highest BCUT2D eigenvalue weighted by Crippen LogP contribution is 2.14. The normalized spacial score (nSPS) is 12.1. The van der Waals surface area contributed by atoms with Crippen LogP contribution in [0.3, 0.4) is 0 Å². The highest BCUT2D eigenvalue weighted by molar-refractivity contribution is 5.65.